The first-order valence-electron chi connectivity index (χ1n) is 30.4. The van der Waals surface area contributed by atoms with E-state index in [0.29, 0.717) is 29.3 Å². The SMILES string of the molecule is O=C1CC(=O)N(CC(F)(F)Cc2cccc(F)c2F)C(=O)N1CC(F)(F)Cc1ccc(Cl)c(C(F)(F)F)c1.O=C1CC(=O)N(CC(F)(F)Cc2cccc(F)c2F)C(=O)N1CC(F)(F)Cc1ccc(Cl)cc1.O=C1CC(=O)N(CC(F)(F)Cc2cccc(F)c2F)C(=O)N1CC(F)(F)Cc1cccc(F)c1F. The van der Waals surface area contributed by atoms with Crippen molar-refractivity contribution in [3.05, 3.63) is 211 Å². The van der Waals surface area contributed by atoms with Crippen LogP contribution in [0.3, 0.4) is 0 Å². The molecule has 0 spiro atoms. The predicted octanol–water partition coefficient (Wildman–Crippen LogP) is 15.2. The number of alkyl halides is 15. The summed E-state index contributed by atoms with van der Waals surface area (Å²) >= 11 is 11.2. The largest absolute Gasteiger partial charge is 0.417 e. The number of hydrogen-bond donors (Lipinski definition) is 0. The van der Waals surface area contributed by atoms with E-state index in [-0.39, 0.29) is 35.0 Å². The van der Waals surface area contributed by atoms with Crippen LogP contribution < -0.4 is 0 Å². The minimum absolute atomic E-state index is 0.0308. The Balaban J connectivity index is 0.000000224. The molecule has 3 saturated heterocycles. The molecular weight excluding hydrogens is 1540 g/mol. The van der Waals surface area contributed by atoms with Crippen LogP contribution in [0.4, 0.5) is 115 Å². The summed E-state index contributed by atoms with van der Waals surface area (Å²) in [7, 11) is 0. The zero-order chi connectivity index (χ0) is 80.0. The van der Waals surface area contributed by atoms with Crippen molar-refractivity contribution in [3.63, 3.8) is 0 Å². The van der Waals surface area contributed by atoms with E-state index in [4.69, 9.17) is 23.2 Å². The Morgan fingerprint density at radius 1 is 0.290 bits per heavy atom. The number of imide groups is 6. The standard InChI is InChI=1S/C23H16ClF9N2O3.C22H17ClF6N2O3.C22H16F8N2O3/c24-15-5-4-12(6-14(15)23(31,32)33)8-21(27,28)10-34-17(36)7-18(37)35(20(34)38)11-22(29,30)9-13-2-1-3-16(25)19(13)26;23-15-6-4-13(5-7-15)9-21(26,27)11-30-17(32)8-18(33)31(20(30)34)12-22(28,29)10-14-2-1-3-16(24)19(14)25;23-14-5-1-3-12(18(14)25)8-21(27,28)10-31-16(33)7-17(34)32(20(31)35)11-22(29,30)9-13-4-2-6-15(24)19(13)26/h1-6H,7-11H2;1-7H,8-12H2;1-6H,7-11H2. The number of urea groups is 3. The molecule has 0 bridgehead atoms. The highest BCUT2D eigenvalue weighted by Crippen LogP contribution is 2.38. The van der Waals surface area contributed by atoms with Crippen LogP contribution in [0, 0.1) is 46.5 Å². The summed E-state index contributed by atoms with van der Waals surface area (Å²) in [6, 6.07) is 12.2. The van der Waals surface area contributed by atoms with Crippen molar-refractivity contribution in [2.75, 3.05) is 39.3 Å². The maximum atomic E-state index is 14.7. The summed E-state index contributed by atoms with van der Waals surface area (Å²) in [6.07, 6.45) is -16.4. The number of nitrogens with zero attached hydrogens (tertiary/aromatic N) is 6. The fourth-order valence-electron chi connectivity index (χ4n) is 10.6. The van der Waals surface area contributed by atoms with Gasteiger partial charge in [-0.3, -0.25) is 58.2 Å². The van der Waals surface area contributed by atoms with Gasteiger partial charge < -0.3 is 0 Å². The van der Waals surface area contributed by atoms with Crippen LogP contribution in [0.5, 0.6) is 0 Å². The van der Waals surface area contributed by atoms with E-state index >= 15 is 0 Å². The molecule has 0 N–H and O–H groups in total. The number of carbonyl (C=O) groups excluding carboxylic acids is 9. The van der Waals surface area contributed by atoms with Gasteiger partial charge in [-0.2, -0.15) is 13.2 Å². The van der Waals surface area contributed by atoms with Crippen LogP contribution in [-0.2, 0) is 73.5 Å². The lowest BCUT2D eigenvalue weighted by Gasteiger charge is -2.36. The van der Waals surface area contributed by atoms with Gasteiger partial charge in [0, 0.05) is 43.5 Å². The van der Waals surface area contributed by atoms with Gasteiger partial charge in [-0.25, -0.2) is 102 Å². The number of barbiturate groups is 3. The van der Waals surface area contributed by atoms with E-state index in [1.807, 2.05) is 0 Å². The van der Waals surface area contributed by atoms with Gasteiger partial charge in [-0.1, -0.05) is 89.9 Å². The van der Waals surface area contributed by atoms with Crippen LogP contribution in [0.15, 0.2) is 115 Å². The first-order valence-corrected chi connectivity index (χ1v) is 31.2. The summed E-state index contributed by atoms with van der Waals surface area (Å²) in [5, 5.41) is -0.444. The lowest BCUT2D eigenvalue weighted by molar-refractivity contribution is -0.150. The lowest BCUT2D eigenvalue weighted by Crippen LogP contribution is -2.60. The molecule has 0 saturated carbocycles. The molecule has 40 heteroatoms. The van der Waals surface area contributed by atoms with E-state index in [1.54, 1.807) is 0 Å². The fraction of sp³-hybridized carbons (Fsp3) is 0.328. The summed E-state index contributed by atoms with van der Waals surface area (Å²) in [6.45, 7) is -9.91. The van der Waals surface area contributed by atoms with Gasteiger partial charge >= 0.3 is 24.3 Å². The number of halogens is 25. The first-order chi connectivity index (χ1) is 49.4. The third-order valence-corrected chi connectivity index (χ3v) is 16.1. The van der Waals surface area contributed by atoms with Gasteiger partial charge in [0.05, 0.1) is 49.9 Å². The number of rotatable bonds is 24. The predicted molar refractivity (Wildman–Crippen MR) is 326 cm³/mol. The summed E-state index contributed by atoms with van der Waals surface area (Å²) in [5.41, 5.74) is -4.82. The Morgan fingerprint density at radius 3 is 0.757 bits per heavy atom. The Hall–Kier alpha value is -9.88. The van der Waals surface area contributed by atoms with E-state index in [0.717, 1.165) is 66.7 Å². The van der Waals surface area contributed by atoms with Crippen LogP contribution in [0.25, 0.3) is 0 Å². The molecule has 0 unspecified atom stereocenters. The number of benzene rings is 6. The summed E-state index contributed by atoms with van der Waals surface area (Å²) in [5.74, 6) is -43.8. The monoisotopic (exact) mass is 1590 g/mol. The van der Waals surface area contributed by atoms with Gasteiger partial charge in [0.15, 0.2) is 46.5 Å². The average Bonchev–Trinajstić information content (AvgIpc) is 0.793. The molecule has 6 aromatic rings. The van der Waals surface area contributed by atoms with Crippen LogP contribution in [-0.4, -0.2) is 158 Å². The molecule has 9 rings (SSSR count). The molecule has 576 valence electrons. The molecular formula is C67H49Cl2F23N6O9. The Morgan fingerprint density at radius 2 is 0.514 bits per heavy atom. The molecule has 3 heterocycles. The van der Waals surface area contributed by atoms with E-state index < -0.39 is 277 Å². The van der Waals surface area contributed by atoms with Crippen LogP contribution in [0.1, 0.15) is 58.2 Å². The molecule has 6 aromatic carbocycles. The Kier molecular flexibility index (Phi) is 26.1. The van der Waals surface area contributed by atoms with Gasteiger partial charge in [0.1, 0.15) is 19.3 Å². The third-order valence-electron chi connectivity index (χ3n) is 15.5. The van der Waals surface area contributed by atoms with E-state index in [1.165, 1.54) is 24.3 Å². The van der Waals surface area contributed by atoms with Crippen molar-refractivity contribution in [2.24, 2.45) is 0 Å². The molecule has 15 nitrogen and oxygen atoms in total. The molecule has 3 aliphatic heterocycles. The smallest absolute Gasteiger partial charge is 0.274 e. The zero-order valence-electron chi connectivity index (χ0n) is 53.9. The van der Waals surface area contributed by atoms with Crippen molar-refractivity contribution < 1.29 is 144 Å². The summed E-state index contributed by atoms with van der Waals surface area (Å²) < 4.78 is 322. The topological polar surface area (TPSA) is 173 Å². The minimum Gasteiger partial charge on any atom is -0.274 e. The minimum atomic E-state index is -4.96. The maximum absolute atomic E-state index is 14.7. The van der Waals surface area contributed by atoms with Gasteiger partial charge in [-0.15, -0.1) is 0 Å². The molecule has 3 fully saturated rings. The Labute approximate surface area is 597 Å². The quantitative estimate of drug-likeness (QED) is 0.0422. The third kappa shape index (κ3) is 22.4. The molecule has 0 atom stereocenters. The average molecular weight is 1590 g/mol. The zero-order valence-corrected chi connectivity index (χ0v) is 55.4. The van der Waals surface area contributed by atoms with Gasteiger partial charge in [0.2, 0.25) is 35.4 Å². The van der Waals surface area contributed by atoms with Gasteiger partial charge in [-0.05, 0) is 81.9 Å². The van der Waals surface area contributed by atoms with Crippen molar-refractivity contribution in [1.82, 2.24) is 29.4 Å². The number of carbonyl (C=O) groups is 9. The van der Waals surface area contributed by atoms with E-state index in [9.17, 15) is 144 Å². The maximum Gasteiger partial charge on any atom is 0.417 e. The van der Waals surface area contributed by atoms with Crippen molar-refractivity contribution in [3.8, 4) is 0 Å². The second-order valence-corrected chi connectivity index (χ2v) is 25.1. The van der Waals surface area contributed by atoms with Crippen molar-refractivity contribution >= 4 is 76.7 Å². The molecule has 0 radical (unpaired) electrons. The number of hydrogen-bond acceptors (Lipinski definition) is 9. The second-order valence-electron chi connectivity index (χ2n) is 24.2. The first kappa shape index (κ1) is 84.4. The molecule has 0 aliphatic carbocycles. The van der Waals surface area contributed by atoms with Crippen molar-refractivity contribution in [1.29, 1.82) is 0 Å². The molecule has 12 amide bonds. The van der Waals surface area contributed by atoms with Crippen LogP contribution >= 0.6 is 23.2 Å². The normalized spacial score (nSPS) is 15.4. The lowest BCUT2D eigenvalue weighted by atomic mass is 10.0. The van der Waals surface area contributed by atoms with E-state index in [2.05, 4.69) is 0 Å². The Bertz CT molecular complexity index is 4330. The van der Waals surface area contributed by atoms with Crippen LogP contribution in [0.2, 0.25) is 10.0 Å². The molecule has 107 heavy (non-hydrogen) atoms. The van der Waals surface area contributed by atoms with Gasteiger partial charge in [0.25, 0.3) is 35.5 Å². The number of amides is 12. The highest BCUT2D eigenvalue weighted by atomic mass is 35.5. The van der Waals surface area contributed by atoms with Crippen molar-refractivity contribution in [2.45, 2.75) is 99.5 Å². The highest BCUT2D eigenvalue weighted by Gasteiger charge is 2.51. The fourth-order valence-corrected chi connectivity index (χ4v) is 11.0. The highest BCUT2D eigenvalue weighted by molar-refractivity contribution is 6.31. The molecule has 0 aromatic heterocycles. The second kappa shape index (κ2) is 33.1. The molecule has 3 aliphatic rings. The summed E-state index contributed by atoms with van der Waals surface area (Å²) in [4.78, 5) is 110.